The predicted molar refractivity (Wildman–Crippen MR) is 156 cm³/mol. The molecule has 5 nitrogen and oxygen atoms in total. The molecule has 0 aliphatic carbocycles. The van der Waals surface area contributed by atoms with E-state index < -0.39 is 6.04 Å². The second kappa shape index (κ2) is 9.95. The Morgan fingerprint density at radius 1 is 1.08 bits per heavy atom. The number of carbonyl (C=O) groups excluding carboxylic acids is 1. The van der Waals surface area contributed by atoms with E-state index in [1.807, 2.05) is 42.5 Å². The number of hydrogen-bond donors (Lipinski definition) is 1. The highest BCUT2D eigenvalue weighted by molar-refractivity contribution is 9.10. The van der Waals surface area contributed by atoms with Gasteiger partial charge in [0.25, 0.3) is 5.91 Å². The smallest absolute Gasteiger partial charge is 0.256 e. The minimum atomic E-state index is -0.418. The van der Waals surface area contributed by atoms with E-state index in [0.717, 1.165) is 44.4 Å². The molecule has 2 aliphatic heterocycles. The van der Waals surface area contributed by atoms with Crippen LogP contribution in [0.15, 0.2) is 71.2 Å². The molecule has 2 atom stereocenters. The highest BCUT2D eigenvalue weighted by atomic mass is 79.9. The second-order valence-corrected chi connectivity index (χ2v) is 11.2. The van der Waals surface area contributed by atoms with E-state index in [1.54, 1.807) is 17.0 Å². The number of thiocarbonyl (C=S) groups is 1. The number of carbonyl (C=O) groups is 1. The molecular weight excluding hydrogens is 593 g/mol. The molecular formula is C28H22BrCl2N3O2S. The largest absolute Gasteiger partial charge is 0.494 e. The van der Waals surface area contributed by atoms with Crippen LogP contribution >= 0.6 is 51.3 Å². The van der Waals surface area contributed by atoms with Gasteiger partial charge in [-0.05, 0) is 84.4 Å². The van der Waals surface area contributed by atoms with Crippen LogP contribution in [0.5, 0.6) is 5.75 Å². The first kappa shape index (κ1) is 24.7. The number of alkyl halides is 1. The summed E-state index contributed by atoms with van der Waals surface area (Å²) in [5, 5.41) is 2.20. The van der Waals surface area contributed by atoms with Gasteiger partial charge in [-0.25, -0.2) is 0 Å². The normalized spacial score (nSPS) is 18.9. The summed E-state index contributed by atoms with van der Waals surface area (Å²) in [5.41, 5.74) is 4.96. The summed E-state index contributed by atoms with van der Waals surface area (Å²) < 4.78 is 6.81. The lowest BCUT2D eigenvalue weighted by Gasteiger charge is -2.37. The van der Waals surface area contributed by atoms with Gasteiger partial charge in [0.15, 0.2) is 5.11 Å². The number of aromatic amines is 1. The monoisotopic (exact) mass is 613 g/mol. The topological polar surface area (TPSA) is 48.6 Å². The van der Waals surface area contributed by atoms with Gasteiger partial charge in [0.2, 0.25) is 0 Å². The third-order valence-electron chi connectivity index (χ3n) is 6.93. The van der Waals surface area contributed by atoms with Crippen LogP contribution in [0.2, 0.25) is 5.02 Å². The molecule has 1 N–H and O–H groups in total. The van der Waals surface area contributed by atoms with Gasteiger partial charge in [-0.2, -0.15) is 0 Å². The molecule has 1 fully saturated rings. The fourth-order valence-electron chi connectivity index (χ4n) is 5.26. The zero-order valence-corrected chi connectivity index (χ0v) is 23.5. The Kier molecular flexibility index (Phi) is 6.65. The number of H-pyrrole nitrogens is 1. The molecule has 4 aromatic rings. The molecule has 2 aliphatic rings. The molecule has 1 amide bonds. The van der Waals surface area contributed by atoms with Crippen LogP contribution in [-0.4, -0.2) is 39.4 Å². The minimum absolute atomic E-state index is 0.0339. The van der Waals surface area contributed by atoms with Gasteiger partial charge >= 0.3 is 0 Å². The lowest BCUT2D eigenvalue weighted by atomic mass is 9.89. The third-order valence-corrected chi connectivity index (χ3v) is 8.34. The fourth-order valence-corrected chi connectivity index (χ4v) is 6.28. The van der Waals surface area contributed by atoms with Crippen molar-refractivity contribution in [2.75, 3.05) is 17.4 Å². The molecule has 9 heteroatoms. The molecule has 0 radical (unpaired) electrons. The Bertz CT molecular complexity index is 1510. The van der Waals surface area contributed by atoms with E-state index in [0.29, 0.717) is 34.7 Å². The first-order valence-corrected chi connectivity index (χ1v) is 14.1. The Labute approximate surface area is 238 Å². The van der Waals surface area contributed by atoms with Crippen molar-refractivity contribution in [3.8, 4) is 5.75 Å². The molecule has 188 valence electrons. The molecule has 1 saturated heterocycles. The van der Waals surface area contributed by atoms with Crippen molar-refractivity contribution in [1.82, 2.24) is 9.88 Å². The molecule has 3 aromatic carbocycles. The van der Waals surface area contributed by atoms with Gasteiger partial charge in [0, 0.05) is 38.4 Å². The zero-order valence-electron chi connectivity index (χ0n) is 19.6. The fraction of sp³-hybridized carbons (Fsp3) is 0.214. The maximum atomic E-state index is 13.9. The quantitative estimate of drug-likeness (QED) is 0.141. The van der Waals surface area contributed by atoms with Crippen LogP contribution in [0.3, 0.4) is 0 Å². The number of halogens is 3. The number of rotatable bonds is 6. The number of fused-ring (bicyclic) bond motifs is 4. The third kappa shape index (κ3) is 4.32. The molecule has 37 heavy (non-hydrogen) atoms. The lowest BCUT2D eigenvalue weighted by molar-refractivity contribution is -0.120. The lowest BCUT2D eigenvalue weighted by Crippen LogP contribution is -2.44. The van der Waals surface area contributed by atoms with Crippen molar-refractivity contribution in [2.45, 2.75) is 24.9 Å². The Morgan fingerprint density at radius 2 is 1.84 bits per heavy atom. The molecule has 0 spiro atoms. The van der Waals surface area contributed by atoms with Crippen molar-refractivity contribution in [3.05, 3.63) is 93.0 Å². The van der Waals surface area contributed by atoms with Gasteiger partial charge in [-0.3, -0.25) is 9.69 Å². The average Bonchev–Trinajstić information content (AvgIpc) is 3.38. The van der Waals surface area contributed by atoms with Crippen LogP contribution < -0.4 is 9.64 Å². The maximum absolute atomic E-state index is 13.9. The van der Waals surface area contributed by atoms with Crippen molar-refractivity contribution >= 4 is 79.0 Å². The number of ether oxygens (including phenoxy) is 1. The molecule has 6 rings (SSSR count). The van der Waals surface area contributed by atoms with Crippen molar-refractivity contribution in [2.24, 2.45) is 0 Å². The number of nitrogens with zero attached hydrogens (tertiary/aromatic N) is 2. The van der Waals surface area contributed by atoms with Gasteiger partial charge < -0.3 is 14.6 Å². The number of benzene rings is 3. The SMILES string of the molecule is O=C1C2Cc3c([nH]c4ccc(Br)cc34)C(c3ccc(OCCCCl)cc3)N2C(=S)N1c1ccc(Cl)cc1. The molecule has 0 bridgehead atoms. The number of aromatic nitrogens is 1. The second-order valence-electron chi connectivity index (χ2n) is 9.13. The minimum Gasteiger partial charge on any atom is -0.494 e. The van der Waals surface area contributed by atoms with Crippen LogP contribution in [-0.2, 0) is 11.2 Å². The first-order valence-electron chi connectivity index (χ1n) is 12.0. The Hall–Kier alpha value is -2.58. The van der Waals surface area contributed by atoms with E-state index in [2.05, 4.69) is 37.9 Å². The van der Waals surface area contributed by atoms with E-state index >= 15 is 0 Å². The molecule has 3 heterocycles. The number of amides is 1. The van der Waals surface area contributed by atoms with E-state index in [1.165, 1.54) is 0 Å². The summed E-state index contributed by atoms with van der Waals surface area (Å²) >= 11 is 21.5. The van der Waals surface area contributed by atoms with Crippen LogP contribution in [0, 0.1) is 0 Å². The first-order chi connectivity index (χ1) is 18.0. The number of hydrogen-bond acceptors (Lipinski definition) is 3. The maximum Gasteiger partial charge on any atom is 0.256 e. The Balaban J connectivity index is 1.46. The van der Waals surface area contributed by atoms with Gasteiger partial charge in [0.05, 0.1) is 18.3 Å². The zero-order chi connectivity index (χ0) is 25.7. The highest BCUT2D eigenvalue weighted by Gasteiger charge is 2.51. The highest BCUT2D eigenvalue weighted by Crippen LogP contribution is 2.45. The summed E-state index contributed by atoms with van der Waals surface area (Å²) in [5.74, 6) is 1.31. The Morgan fingerprint density at radius 3 is 2.57 bits per heavy atom. The molecule has 2 unspecified atom stereocenters. The summed E-state index contributed by atoms with van der Waals surface area (Å²) in [6.45, 7) is 0.566. The molecule has 0 saturated carbocycles. The summed E-state index contributed by atoms with van der Waals surface area (Å²) in [7, 11) is 0. The van der Waals surface area contributed by atoms with Crippen LogP contribution in [0.25, 0.3) is 10.9 Å². The van der Waals surface area contributed by atoms with E-state index in [4.69, 9.17) is 40.2 Å². The standard InChI is InChI=1S/C28H22BrCl2N3O2S/c29-17-4-11-23-21(14-17)22-15-24-27(35)33(19-7-5-18(31)6-8-19)28(37)34(24)26(25(22)32-23)16-2-9-20(10-3-16)36-13-1-12-30/h2-11,14,24,26,32H,1,12-13,15H2. The average molecular weight is 615 g/mol. The molecule has 1 aromatic heterocycles. The van der Waals surface area contributed by atoms with E-state index in [9.17, 15) is 4.79 Å². The van der Waals surface area contributed by atoms with Crippen LogP contribution in [0.4, 0.5) is 5.69 Å². The summed E-state index contributed by atoms with van der Waals surface area (Å²) in [4.78, 5) is 21.2. The number of nitrogens with one attached hydrogen (secondary N) is 1. The predicted octanol–water partition coefficient (Wildman–Crippen LogP) is 7.24. The van der Waals surface area contributed by atoms with Gasteiger partial charge in [-0.1, -0.05) is 39.7 Å². The van der Waals surface area contributed by atoms with Gasteiger partial charge in [-0.15, -0.1) is 11.6 Å². The van der Waals surface area contributed by atoms with Crippen molar-refractivity contribution < 1.29 is 9.53 Å². The number of anilines is 1. The van der Waals surface area contributed by atoms with Crippen LogP contribution in [0.1, 0.15) is 29.3 Å². The van der Waals surface area contributed by atoms with Crippen molar-refractivity contribution in [3.63, 3.8) is 0 Å². The summed E-state index contributed by atoms with van der Waals surface area (Å²) in [6, 6.07) is 20.8. The van der Waals surface area contributed by atoms with Gasteiger partial charge in [0.1, 0.15) is 11.8 Å². The van der Waals surface area contributed by atoms with E-state index in [-0.39, 0.29) is 11.9 Å². The summed E-state index contributed by atoms with van der Waals surface area (Å²) in [6.07, 6.45) is 1.34. The van der Waals surface area contributed by atoms with Crippen molar-refractivity contribution in [1.29, 1.82) is 0 Å².